The summed E-state index contributed by atoms with van der Waals surface area (Å²) in [5.41, 5.74) is 2.45. The van der Waals surface area contributed by atoms with Gasteiger partial charge in [-0.3, -0.25) is 29.3 Å². The number of nitro benzene ring substituents is 1. The average Bonchev–Trinajstić information content (AvgIpc) is 3.58. The van der Waals surface area contributed by atoms with Gasteiger partial charge in [0.15, 0.2) is 0 Å². The number of thioether (sulfide) groups is 1. The number of anilines is 3. The summed E-state index contributed by atoms with van der Waals surface area (Å²) in [6, 6.07) is 38.4. The van der Waals surface area contributed by atoms with Gasteiger partial charge in [-0.15, -0.1) is 23.1 Å². The summed E-state index contributed by atoms with van der Waals surface area (Å²) in [4.78, 5) is 79.4. The van der Waals surface area contributed by atoms with Gasteiger partial charge in [-0.2, -0.15) is 0 Å². The topological polar surface area (TPSA) is 186 Å². The van der Waals surface area contributed by atoms with Crippen molar-refractivity contribution in [2.45, 2.75) is 24.0 Å². The SMILES string of the molecule is CCOC(=O)c1c(NC(=O)C(Sc2cccc(NC(=O)/C(=C\c3ccc([N+](=O)[O-])cc3)NC(=O)c3ccccc3)c2)c2ccccc2)sc(C(=O)Nc2ccccc2)c1C. The maximum absolute atomic E-state index is 14.3. The number of carbonyl (C=O) groups excluding carboxylic acids is 5. The zero-order valence-electron chi connectivity index (χ0n) is 32.2. The van der Waals surface area contributed by atoms with Gasteiger partial charge in [0.25, 0.3) is 23.4 Å². The van der Waals surface area contributed by atoms with Crippen molar-refractivity contribution in [1.82, 2.24) is 5.32 Å². The number of nitrogens with zero attached hydrogens (tertiary/aromatic N) is 1. The maximum atomic E-state index is 14.3. The van der Waals surface area contributed by atoms with Crippen LogP contribution in [0.15, 0.2) is 150 Å². The molecule has 1 atom stereocenters. The van der Waals surface area contributed by atoms with E-state index in [1.165, 1.54) is 42.1 Å². The van der Waals surface area contributed by atoms with Gasteiger partial charge in [-0.1, -0.05) is 72.8 Å². The number of amides is 4. The third-order valence-electron chi connectivity index (χ3n) is 8.73. The summed E-state index contributed by atoms with van der Waals surface area (Å²) in [5.74, 6) is -2.85. The van der Waals surface area contributed by atoms with Gasteiger partial charge in [0, 0.05) is 34.0 Å². The fraction of sp³-hybridized carbons (Fsp3) is 0.0889. The first-order valence-electron chi connectivity index (χ1n) is 18.4. The van der Waals surface area contributed by atoms with Gasteiger partial charge >= 0.3 is 5.97 Å². The molecule has 60 heavy (non-hydrogen) atoms. The summed E-state index contributed by atoms with van der Waals surface area (Å²) in [5, 5.41) is 21.7. The average molecular weight is 840 g/mol. The molecule has 0 saturated heterocycles. The Morgan fingerprint density at radius 2 is 1.40 bits per heavy atom. The first-order valence-corrected chi connectivity index (χ1v) is 20.1. The standard InChI is InChI=1S/C45H37N5O8S2/c1-3-58-45(55)37-28(2)38(42(53)46-32-18-11-6-12-19-32)60-44(37)49-43(54)39(30-14-7-4-8-15-30)59-35-21-13-20-33(27-35)47-41(52)36(48-40(51)31-16-9-5-10-17-31)26-29-22-24-34(25-23-29)50(56)57/h4-27,39H,3H2,1-2H3,(H,46,53)(H,47,52)(H,48,51)(H,49,54)/b36-26+. The van der Waals surface area contributed by atoms with Gasteiger partial charge in [-0.05, 0) is 91.2 Å². The molecular weight excluding hydrogens is 803 g/mol. The Morgan fingerprint density at radius 1 is 0.767 bits per heavy atom. The molecular formula is C45H37N5O8S2. The third-order valence-corrected chi connectivity index (χ3v) is 11.2. The molecule has 0 fully saturated rings. The van der Waals surface area contributed by atoms with E-state index < -0.39 is 39.8 Å². The van der Waals surface area contributed by atoms with Crippen molar-refractivity contribution in [1.29, 1.82) is 0 Å². The second-order valence-electron chi connectivity index (χ2n) is 12.9. The quantitative estimate of drug-likeness (QED) is 0.0257. The smallest absolute Gasteiger partial charge is 0.341 e. The van der Waals surface area contributed by atoms with Crippen molar-refractivity contribution in [3.63, 3.8) is 0 Å². The van der Waals surface area contributed by atoms with Crippen LogP contribution < -0.4 is 21.3 Å². The molecule has 1 heterocycles. The van der Waals surface area contributed by atoms with E-state index in [0.29, 0.717) is 38.5 Å². The second kappa shape index (κ2) is 19.9. The number of para-hydroxylation sites is 1. The number of hydrogen-bond acceptors (Lipinski definition) is 10. The van der Waals surface area contributed by atoms with E-state index in [-0.39, 0.29) is 33.4 Å². The molecule has 15 heteroatoms. The zero-order chi connectivity index (χ0) is 42.6. The molecule has 6 aromatic rings. The second-order valence-corrected chi connectivity index (χ2v) is 15.1. The van der Waals surface area contributed by atoms with Crippen molar-refractivity contribution >= 4 is 80.8 Å². The van der Waals surface area contributed by atoms with Crippen molar-refractivity contribution in [3.05, 3.63) is 188 Å². The number of rotatable bonds is 15. The number of thiophene rings is 1. The molecule has 4 amide bonds. The van der Waals surface area contributed by atoms with E-state index in [0.717, 1.165) is 11.3 Å². The molecule has 0 radical (unpaired) electrons. The van der Waals surface area contributed by atoms with Gasteiger partial charge < -0.3 is 26.0 Å². The van der Waals surface area contributed by atoms with Gasteiger partial charge in [0.05, 0.1) is 22.0 Å². The van der Waals surface area contributed by atoms with Crippen LogP contribution in [0.25, 0.3) is 6.08 Å². The van der Waals surface area contributed by atoms with E-state index >= 15 is 0 Å². The van der Waals surface area contributed by atoms with Crippen LogP contribution in [0, 0.1) is 17.0 Å². The van der Waals surface area contributed by atoms with E-state index in [2.05, 4.69) is 21.3 Å². The molecule has 6 rings (SSSR count). The Labute approximate surface area is 353 Å². The number of ether oxygens (including phenoxy) is 1. The minimum Gasteiger partial charge on any atom is -0.462 e. The van der Waals surface area contributed by atoms with Gasteiger partial charge in [0.2, 0.25) is 5.91 Å². The van der Waals surface area contributed by atoms with Crippen LogP contribution in [-0.2, 0) is 14.3 Å². The van der Waals surface area contributed by atoms with Crippen LogP contribution in [0.2, 0.25) is 0 Å². The molecule has 13 nitrogen and oxygen atoms in total. The predicted molar refractivity (Wildman–Crippen MR) is 233 cm³/mol. The molecule has 0 bridgehead atoms. The van der Waals surface area contributed by atoms with Crippen molar-refractivity contribution in [3.8, 4) is 0 Å². The highest BCUT2D eigenvalue weighted by atomic mass is 32.2. The highest BCUT2D eigenvalue weighted by molar-refractivity contribution is 8.00. The lowest BCUT2D eigenvalue weighted by Gasteiger charge is -2.18. The molecule has 0 aliphatic carbocycles. The molecule has 302 valence electrons. The Hall–Kier alpha value is -7.36. The molecule has 5 aromatic carbocycles. The highest BCUT2D eigenvalue weighted by Gasteiger charge is 2.30. The van der Waals surface area contributed by atoms with E-state index in [1.807, 2.05) is 12.1 Å². The van der Waals surface area contributed by atoms with E-state index in [9.17, 15) is 34.1 Å². The summed E-state index contributed by atoms with van der Waals surface area (Å²) in [6.07, 6.45) is 1.40. The fourth-order valence-corrected chi connectivity index (χ4v) is 8.01. The number of carbonyl (C=O) groups is 5. The van der Waals surface area contributed by atoms with Crippen molar-refractivity contribution in [2.75, 3.05) is 22.6 Å². The molecule has 0 aliphatic rings. The molecule has 0 spiro atoms. The first-order chi connectivity index (χ1) is 29.0. The molecule has 4 N–H and O–H groups in total. The van der Waals surface area contributed by atoms with Crippen LogP contribution in [0.5, 0.6) is 0 Å². The van der Waals surface area contributed by atoms with Crippen LogP contribution >= 0.6 is 23.1 Å². The van der Waals surface area contributed by atoms with E-state index in [4.69, 9.17) is 4.74 Å². The van der Waals surface area contributed by atoms with Crippen molar-refractivity contribution < 1.29 is 33.6 Å². The van der Waals surface area contributed by atoms with Gasteiger partial charge in [-0.25, -0.2) is 4.79 Å². The monoisotopic (exact) mass is 839 g/mol. The van der Waals surface area contributed by atoms with Crippen LogP contribution in [-0.4, -0.2) is 41.1 Å². The van der Waals surface area contributed by atoms with Crippen molar-refractivity contribution in [2.24, 2.45) is 0 Å². The lowest BCUT2D eigenvalue weighted by molar-refractivity contribution is -0.384. The number of nitro groups is 1. The largest absolute Gasteiger partial charge is 0.462 e. The normalized spacial score (nSPS) is 11.5. The summed E-state index contributed by atoms with van der Waals surface area (Å²) >= 11 is 2.15. The fourth-order valence-electron chi connectivity index (χ4n) is 5.84. The first kappa shape index (κ1) is 42.3. The lowest BCUT2D eigenvalue weighted by Crippen LogP contribution is -2.30. The predicted octanol–water partition coefficient (Wildman–Crippen LogP) is 9.28. The Bertz CT molecular complexity index is 2560. The Kier molecular flexibility index (Phi) is 14.0. The highest BCUT2D eigenvalue weighted by Crippen LogP contribution is 2.40. The number of non-ortho nitro benzene ring substituents is 1. The Morgan fingerprint density at radius 3 is 2.05 bits per heavy atom. The molecule has 0 saturated carbocycles. The van der Waals surface area contributed by atoms with Gasteiger partial charge in [0.1, 0.15) is 15.9 Å². The van der Waals surface area contributed by atoms with Crippen LogP contribution in [0.3, 0.4) is 0 Å². The maximum Gasteiger partial charge on any atom is 0.341 e. The summed E-state index contributed by atoms with van der Waals surface area (Å²) in [7, 11) is 0. The van der Waals surface area contributed by atoms with Crippen LogP contribution in [0.1, 0.15) is 59.3 Å². The minimum absolute atomic E-state index is 0.0758. The van der Waals surface area contributed by atoms with E-state index in [1.54, 1.807) is 117 Å². The third kappa shape index (κ3) is 10.8. The number of hydrogen-bond donors (Lipinski definition) is 4. The molecule has 0 aliphatic heterocycles. The number of benzene rings is 5. The summed E-state index contributed by atoms with van der Waals surface area (Å²) in [6.45, 7) is 3.37. The number of esters is 1. The summed E-state index contributed by atoms with van der Waals surface area (Å²) < 4.78 is 5.33. The Balaban J connectivity index is 1.26. The molecule has 1 unspecified atom stereocenters. The molecule has 1 aromatic heterocycles. The van der Waals surface area contributed by atoms with Crippen LogP contribution in [0.4, 0.5) is 22.1 Å². The minimum atomic E-state index is -0.876. The lowest BCUT2D eigenvalue weighted by atomic mass is 10.1. The number of nitrogens with one attached hydrogen (secondary N) is 4. The zero-order valence-corrected chi connectivity index (χ0v) is 33.8.